The number of hydrogen-bond donors (Lipinski definition) is 2. The van der Waals surface area contributed by atoms with Gasteiger partial charge in [0.05, 0.1) is 32.0 Å². The Morgan fingerprint density at radius 2 is 2.06 bits per heavy atom. The van der Waals surface area contributed by atoms with Crippen molar-refractivity contribution in [3.05, 3.63) is 61.7 Å². The molecule has 0 spiro atoms. The molecule has 33 heavy (non-hydrogen) atoms. The quantitative estimate of drug-likeness (QED) is 0.260. The lowest BCUT2D eigenvalue weighted by atomic mass is 9.86. The van der Waals surface area contributed by atoms with Crippen molar-refractivity contribution >= 4 is 51.8 Å². The molecule has 11 nitrogen and oxygen atoms in total. The van der Waals surface area contributed by atoms with E-state index in [1.807, 2.05) is 0 Å². The summed E-state index contributed by atoms with van der Waals surface area (Å²) in [5.41, 5.74) is 14.9. The molecule has 3 rings (SSSR count). The number of thioether (sulfide) groups is 1. The Morgan fingerprint density at radius 3 is 2.73 bits per heavy atom. The first kappa shape index (κ1) is 24.1. The Kier molecular flexibility index (Phi) is 7.59. The van der Waals surface area contributed by atoms with Crippen LogP contribution >= 0.6 is 23.1 Å². The van der Waals surface area contributed by atoms with Crippen LogP contribution in [-0.4, -0.2) is 49.5 Å². The molecule has 2 heterocycles. The van der Waals surface area contributed by atoms with Gasteiger partial charge in [0, 0.05) is 21.6 Å². The lowest BCUT2D eigenvalue weighted by molar-refractivity contribution is 0.0561. The second kappa shape index (κ2) is 10.4. The van der Waals surface area contributed by atoms with Gasteiger partial charge in [-0.15, -0.1) is 11.3 Å². The fourth-order valence-corrected chi connectivity index (χ4v) is 5.12. The van der Waals surface area contributed by atoms with E-state index in [2.05, 4.69) is 20.3 Å². The number of esters is 2. The maximum atomic E-state index is 13.0. The van der Waals surface area contributed by atoms with E-state index in [4.69, 9.17) is 20.7 Å². The van der Waals surface area contributed by atoms with Crippen molar-refractivity contribution in [2.45, 2.75) is 12.0 Å². The van der Waals surface area contributed by atoms with Crippen LogP contribution in [0, 0.1) is 0 Å². The van der Waals surface area contributed by atoms with Crippen LogP contribution in [0.25, 0.3) is 10.4 Å². The molecule has 0 saturated heterocycles. The zero-order chi connectivity index (χ0) is 24.0. The molecule has 172 valence electrons. The highest BCUT2D eigenvalue weighted by molar-refractivity contribution is 8.13. The topological polar surface area (TPSA) is 169 Å². The van der Waals surface area contributed by atoms with E-state index in [9.17, 15) is 14.4 Å². The second-order valence-corrected chi connectivity index (χ2v) is 8.84. The first-order valence-electron chi connectivity index (χ1n) is 9.54. The van der Waals surface area contributed by atoms with E-state index in [0.717, 1.165) is 11.3 Å². The molecule has 1 aromatic heterocycles. The maximum Gasteiger partial charge on any atom is 0.349 e. The standard InChI is InChI=1S/C20H20N6O5S2/c1-30-17(28)14-13(9-33-15(14)18(29)31-2)24-16(27)11-4-3-5-12(8-11)20(10-23-26-22)6-7-32-19(21)25-20/h3-5,8-9H,6-7,10H2,1-2H3,(H2,21,25)(H,24,27). The first-order valence-corrected chi connectivity index (χ1v) is 11.4. The zero-order valence-corrected chi connectivity index (χ0v) is 19.4. The molecule has 0 fully saturated rings. The highest BCUT2D eigenvalue weighted by Crippen LogP contribution is 2.36. The lowest BCUT2D eigenvalue weighted by Crippen LogP contribution is -2.34. The Bertz CT molecular complexity index is 1170. The Hall–Kier alpha value is -3.54. The van der Waals surface area contributed by atoms with Crippen molar-refractivity contribution in [2.75, 3.05) is 31.8 Å². The third-order valence-electron chi connectivity index (χ3n) is 4.95. The van der Waals surface area contributed by atoms with E-state index >= 15 is 0 Å². The van der Waals surface area contributed by atoms with Gasteiger partial charge in [0.15, 0.2) is 5.17 Å². The molecule has 13 heteroatoms. The molecule has 0 aliphatic carbocycles. The van der Waals surface area contributed by atoms with Crippen LogP contribution in [-0.2, 0) is 15.0 Å². The van der Waals surface area contributed by atoms with Gasteiger partial charge in [0.1, 0.15) is 10.4 Å². The van der Waals surface area contributed by atoms with Gasteiger partial charge in [-0.25, -0.2) is 9.59 Å². The van der Waals surface area contributed by atoms with Crippen molar-refractivity contribution in [1.29, 1.82) is 0 Å². The number of methoxy groups -OCH3 is 2. The average molecular weight is 489 g/mol. The minimum absolute atomic E-state index is 0.0197. The number of azide groups is 1. The van der Waals surface area contributed by atoms with Crippen LogP contribution in [0.1, 0.15) is 42.4 Å². The second-order valence-electron chi connectivity index (χ2n) is 6.84. The molecule has 0 saturated carbocycles. The number of aliphatic imine (C=N–C) groups is 1. The molecule has 1 aromatic carbocycles. The van der Waals surface area contributed by atoms with E-state index in [1.165, 1.54) is 31.4 Å². The van der Waals surface area contributed by atoms with Crippen LogP contribution in [0.4, 0.5) is 5.69 Å². The number of rotatable bonds is 7. The van der Waals surface area contributed by atoms with Gasteiger partial charge in [-0.1, -0.05) is 29.0 Å². The largest absolute Gasteiger partial charge is 0.465 e. The minimum atomic E-state index is -0.879. The number of carbonyl (C=O) groups is 3. The number of nitrogens with two attached hydrogens (primary N) is 1. The molecule has 0 bridgehead atoms. The van der Waals surface area contributed by atoms with Crippen LogP contribution in [0.5, 0.6) is 0 Å². The molecule has 1 atom stereocenters. The third kappa shape index (κ3) is 5.11. The zero-order valence-electron chi connectivity index (χ0n) is 17.7. The third-order valence-corrected chi connectivity index (χ3v) is 6.70. The fraction of sp³-hybridized carbons (Fsp3) is 0.300. The number of nitrogens with one attached hydrogen (secondary N) is 1. The normalized spacial score (nSPS) is 17.3. The maximum absolute atomic E-state index is 13.0. The van der Waals surface area contributed by atoms with Gasteiger partial charge in [-0.05, 0) is 29.6 Å². The number of benzene rings is 1. The van der Waals surface area contributed by atoms with Gasteiger partial charge in [0.2, 0.25) is 0 Å². The van der Waals surface area contributed by atoms with E-state index in [-0.39, 0.29) is 28.2 Å². The minimum Gasteiger partial charge on any atom is -0.465 e. The summed E-state index contributed by atoms with van der Waals surface area (Å²) < 4.78 is 9.46. The average Bonchev–Trinajstić information content (AvgIpc) is 3.25. The number of amidine groups is 1. The lowest BCUT2D eigenvalue weighted by Gasteiger charge is -2.32. The van der Waals surface area contributed by atoms with Crippen molar-refractivity contribution in [2.24, 2.45) is 15.8 Å². The van der Waals surface area contributed by atoms with Crippen LogP contribution in [0.3, 0.4) is 0 Å². The van der Waals surface area contributed by atoms with Crippen LogP contribution in [0.2, 0.25) is 0 Å². The highest BCUT2D eigenvalue weighted by atomic mass is 32.2. The summed E-state index contributed by atoms with van der Waals surface area (Å²) >= 11 is 2.36. The summed E-state index contributed by atoms with van der Waals surface area (Å²) in [5, 5.41) is 8.20. The first-order chi connectivity index (χ1) is 15.8. The number of anilines is 1. The molecule has 2 aromatic rings. The summed E-state index contributed by atoms with van der Waals surface area (Å²) in [6, 6.07) is 6.71. The van der Waals surface area contributed by atoms with Gasteiger partial charge < -0.3 is 20.5 Å². The summed E-state index contributed by atoms with van der Waals surface area (Å²) in [4.78, 5) is 44.7. The molecule has 1 amide bonds. The van der Waals surface area contributed by atoms with Crippen molar-refractivity contribution in [3.8, 4) is 0 Å². The molecule has 3 N–H and O–H groups in total. The Labute approximate surface area is 197 Å². The number of hydrogen-bond acceptors (Lipinski definition) is 10. The number of carbonyl (C=O) groups excluding carboxylic acids is 3. The monoisotopic (exact) mass is 488 g/mol. The van der Waals surface area contributed by atoms with E-state index in [0.29, 0.717) is 22.9 Å². The van der Waals surface area contributed by atoms with Crippen molar-refractivity contribution in [3.63, 3.8) is 0 Å². The summed E-state index contributed by atoms with van der Waals surface area (Å²) in [5.74, 6) is -1.33. The van der Waals surface area contributed by atoms with Crippen molar-refractivity contribution < 1.29 is 23.9 Å². The van der Waals surface area contributed by atoms with Crippen molar-refractivity contribution in [1.82, 2.24) is 0 Å². The van der Waals surface area contributed by atoms with Crippen LogP contribution in [0.15, 0.2) is 39.8 Å². The molecule has 0 radical (unpaired) electrons. The number of amides is 1. The summed E-state index contributed by atoms with van der Waals surface area (Å²) in [6.07, 6.45) is 0.571. The van der Waals surface area contributed by atoms with Gasteiger partial charge in [0.25, 0.3) is 5.91 Å². The molecular weight excluding hydrogens is 468 g/mol. The van der Waals surface area contributed by atoms with E-state index < -0.39 is 23.4 Å². The van der Waals surface area contributed by atoms with Crippen LogP contribution < -0.4 is 11.1 Å². The highest BCUT2D eigenvalue weighted by Gasteiger charge is 2.34. The number of ether oxygens (including phenoxy) is 2. The van der Waals surface area contributed by atoms with E-state index in [1.54, 1.807) is 24.3 Å². The van der Waals surface area contributed by atoms with Gasteiger partial charge in [-0.2, -0.15) is 0 Å². The molecule has 1 aliphatic rings. The Balaban J connectivity index is 1.96. The SMILES string of the molecule is COC(=O)c1scc(NC(=O)c2cccc(C3(CN=[N+]=[N-])CCSC(N)=N3)c2)c1C(=O)OC. The molecule has 1 aliphatic heterocycles. The Morgan fingerprint density at radius 1 is 1.30 bits per heavy atom. The summed E-state index contributed by atoms with van der Waals surface area (Å²) in [7, 11) is 2.37. The van der Waals surface area contributed by atoms with Gasteiger partial charge in [-0.3, -0.25) is 9.79 Å². The fourth-order valence-electron chi connectivity index (χ4n) is 3.33. The summed E-state index contributed by atoms with van der Waals surface area (Å²) in [6.45, 7) is 0.0509. The smallest absolute Gasteiger partial charge is 0.349 e. The molecular formula is C20H20N6O5S2. The van der Waals surface area contributed by atoms with Gasteiger partial charge >= 0.3 is 11.9 Å². The number of nitrogens with zero attached hydrogens (tertiary/aromatic N) is 4. The molecule has 1 unspecified atom stereocenters. The number of thiophene rings is 1. The predicted molar refractivity (Wildman–Crippen MR) is 126 cm³/mol. The predicted octanol–water partition coefficient (Wildman–Crippen LogP) is 3.53.